The van der Waals surface area contributed by atoms with Gasteiger partial charge in [-0.05, 0) is 46.7 Å². The van der Waals surface area contributed by atoms with Crippen LogP contribution < -0.4 is 0 Å². The van der Waals surface area contributed by atoms with Crippen LogP contribution in [0.1, 0.15) is 16.1 Å². The van der Waals surface area contributed by atoms with Crippen molar-refractivity contribution >= 4 is 39.8 Å². The van der Waals surface area contributed by atoms with E-state index in [0.717, 1.165) is 38.1 Å². The fourth-order valence-electron chi connectivity index (χ4n) is 3.03. The molecule has 1 fully saturated rings. The summed E-state index contributed by atoms with van der Waals surface area (Å²) in [6.45, 7) is 4.16. The summed E-state index contributed by atoms with van der Waals surface area (Å²) in [5.74, 6) is 0.344. The molecule has 1 amide bonds. The Morgan fingerprint density at radius 3 is 2.75 bits per heavy atom. The van der Waals surface area contributed by atoms with Crippen LogP contribution in [0.4, 0.5) is 0 Å². The lowest BCUT2D eigenvalue weighted by atomic mass is 10.2. The summed E-state index contributed by atoms with van der Waals surface area (Å²) in [7, 11) is 0. The maximum Gasteiger partial charge on any atom is 0.289 e. The number of hydrogen-bond acceptors (Lipinski definition) is 4. The second-order valence-electron chi connectivity index (χ2n) is 5.99. The maximum absolute atomic E-state index is 12.7. The third-order valence-corrected chi connectivity index (χ3v) is 5.30. The Kier molecular flexibility index (Phi) is 4.31. The molecule has 0 saturated carbocycles. The molecule has 124 valence electrons. The molecule has 4 nitrogen and oxygen atoms in total. The van der Waals surface area contributed by atoms with Gasteiger partial charge in [-0.15, -0.1) is 0 Å². The highest BCUT2D eigenvalue weighted by Gasteiger charge is 2.24. The van der Waals surface area contributed by atoms with Crippen LogP contribution in [0.2, 0.25) is 5.02 Å². The van der Waals surface area contributed by atoms with Gasteiger partial charge < -0.3 is 9.32 Å². The number of carbonyl (C=O) groups is 1. The molecule has 0 radical (unpaired) electrons. The molecule has 1 aliphatic heterocycles. The molecule has 6 heteroatoms. The number of hydrogen-bond donors (Lipinski definition) is 0. The van der Waals surface area contributed by atoms with Crippen molar-refractivity contribution in [2.75, 3.05) is 26.2 Å². The van der Waals surface area contributed by atoms with Crippen LogP contribution in [-0.4, -0.2) is 41.9 Å². The van der Waals surface area contributed by atoms with Gasteiger partial charge in [-0.1, -0.05) is 11.6 Å². The predicted molar refractivity (Wildman–Crippen MR) is 96.7 cm³/mol. The van der Waals surface area contributed by atoms with Crippen LogP contribution in [-0.2, 0) is 6.54 Å². The average molecular weight is 361 g/mol. The molecule has 0 atom stereocenters. The number of nitrogens with zero attached hydrogens (tertiary/aromatic N) is 2. The van der Waals surface area contributed by atoms with E-state index >= 15 is 0 Å². The van der Waals surface area contributed by atoms with Crippen LogP contribution in [0.5, 0.6) is 0 Å². The third-order valence-electron chi connectivity index (χ3n) is 4.33. The fourth-order valence-corrected chi connectivity index (χ4v) is 3.87. The molecule has 0 bridgehead atoms. The van der Waals surface area contributed by atoms with Crippen molar-refractivity contribution in [1.29, 1.82) is 0 Å². The first-order chi connectivity index (χ1) is 11.7. The van der Waals surface area contributed by atoms with Gasteiger partial charge in [-0.25, -0.2) is 0 Å². The smallest absolute Gasteiger partial charge is 0.289 e. The minimum atomic E-state index is -0.0440. The minimum absolute atomic E-state index is 0.0440. The molecule has 2 aromatic heterocycles. The van der Waals surface area contributed by atoms with Crippen molar-refractivity contribution in [1.82, 2.24) is 9.80 Å². The number of halogens is 1. The van der Waals surface area contributed by atoms with Gasteiger partial charge in [-0.2, -0.15) is 11.3 Å². The molecule has 3 heterocycles. The van der Waals surface area contributed by atoms with Gasteiger partial charge in [0.25, 0.3) is 5.91 Å². The van der Waals surface area contributed by atoms with Crippen molar-refractivity contribution in [3.63, 3.8) is 0 Å². The van der Waals surface area contributed by atoms with Crippen LogP contribution in [0, 0.1) is 0 Å². The normalized spacial score (nSPS) is 16.0. The summed E-state index contributed by atoms with van der Waals surface area (Å²) in [5.41, 5.74) is 2.03. The Hall–Kier alpha value is -1.82. The monoisotopic (exact) mass is 360 g/mol. The van der Waals surface area contributed by atoms with Crippen molar-refractivity contribution in [2.45, 2.75) is 6.54 Å². The number of furan rings is 1. The number of fused-ring (bicyclic) bond motifs is 1. The van der Waals surface area contributed by atoms with Crippen LogP contribution in [0.25, 0.3) is 11.0 Å². The van der Waals surface area contributed by atoms with Gasteiger partial charge in [0.05, 0.1) is 0 Å². The highest BCUT2D eigenvalue weighted by molar-refractivity contribution is 7.07. The summed E-state index contributed by atoms with van der Waals surface area (Å²) < 4.78 is 5.69. The number of carbonyl (C=O) groups excluding carboxylic acids is 1. The zero-order valence-corrected chi connectivity index (χ0v) is 14.6. The summed E-state index contributed by atoms with van der Waals surface area (Å²) in [6.07, 6.45) is 0. The zero-order chi connectivity index (χ0) is 16.5. The molecule has 1 saturated heterocycles. The van der Waals surface area contributed by atoms with E-state index in [1.165, 1.54) is 5.56 Å². The highest BCUT2D eigenvalue weighted by atomic mass is 35.5. The molecule has 4 rings (SSSR count). The molecule has 24 heavy (non-hydrogen) atoms. The first-order valence-electron chi connectivity index (χ1n) is 7.91. The maximum atomic E-state index is 12.7. The number of benzene rings is 1. The summed E-state index contributed by atoms with van der Waals surface area (Å²) in [6, 6.07) is 9.32. The largest absolute Gasteiger partial charge is 0.451 e. The number of rotatable bonds is 3. The van der Waals surface area contributed by atoms with E-state index in [2.05, 4.69) is 21.7 Å². The summed E-state index contributed by atoms with van der Waals surface area (Å²) in [4.78, 5) is 16.9. The van der Waals surface area contributed by atoms with E-state index in [9.17, 15) is 4.79 Å². The summed E-state index contributed by atoms with van der Waals surface area (Å²) in [5, 5.41) is 5.78. The van der Waals surface area contributed by atoms with E-state index < -0.39 is 0 Å². The van der Waals surface area contributed by atoms with Gasteiger partial charge >= 0.3 is 0 Å². The van der Waals surface area contributed by atoms with Crippen LogP contribution in [0.3, 0.4) is 0 Å². The van der Waals surface area contributed by atoms with Gasteiger partial charge in [0, 0.05) is 43.1 Å². The molecular weight excluding hydrogens is 344 g/mol. The molecular formula is C18H17ClN2O2S. The highest BCUT2D eigenvalue weighted by Crippen LogP contribution is 2.24. The van der Waals surface area contributed by atoms with E-state index in [1.807, 2.05) is 11.0 Å². The van der Waals surface area contributed by atoms with Crippen molar-refractivity contribution in [3.8, 4) is 0 Å². The van der Waals surface area contributed by atoms with E-state index in [1.54, 1.807) is 29.5 Å². The molecule has 1 aromatic carbocycles. The second kappa shape index (κ2) is 6.59. The molecule has 0 spiro atoms. The fraction of sp³-hybridized carbons (Fsp3) is 0.278. The Morgan fingerprint density at radius 1 is 1.17 bits per heavy atom. The average Bonchev–Trinajstić information content (AvgIpc) is 3.24. The van der Waals surface area contributed by atoms with Crippen molar-refractivity contribution in [2.24, 2.45) is 0 Å². The third kappa shape index (κ3) is 3.20. The SMILES string of the molecule is O=C(c1cc2cc(Cl)ccc2o1)N1CCN(Cc2ccsc2)CC1. The molecule has 0 N–H and O–H groups in total. The Balaban J connectivity index is 1.41. The van der Waals surface area contributed by atoms with Gasteiger partial charge in [0.1, 0.15) is 5.58 Å². The standard InChI is InChI=1S/C18H17ClN2O2S/c19-15-1-2-16-14(9-15)10-17(23-16)18(22)21-6-4-20(5-7-21)11-13-3-8-24-12-13/h1-3,8-10,12H,4-7,11H2. The van der Waals surface area contributed by atoms with Crippen molar-refractivity contribution in [3.05, 3.63) is 57.4 Å². The lowest BCUT2D eigenvalue weighted by Gasteiger charge is -2.34. The van der Waals surface area contributed by atoms with E-state index in [4.69, 9.17) is 16.0 Å². The quantitative estimate of drug-likeness (QED) is 0.705. The number of thiophene rings is 1. The first kappa shape index (κ1) is 15.7. The van der Waals surface area contributed by atoms with E-state index in [0.29, 0.717) is 16.4 Å². The summed E-state index contributed by atoms with van der Waals surface area (Å²) >= 11 is 7.71. The lowest BCUT2D eigenvalue weighted by Crippen LogP contribution is -2.48. The molecule has 0 aliphatic carbocycles. The second-order valence-corrected chi connectivity index (χ2v) is 7.21. The van der Waals surface area contributed by atoms with Crippen molar-refractivity contribution < 1.29 is 9.21 Å². The first-order valence-corrected chi connectivity index (χ1v) is 9.23. The Labute approximate surface area is 149 Å². The molecule has 0 unspecified atom stereocenters. The van der Waals surface area contributed by atoms with Crippen LogP contribution >= 0.6 is 22.9 Å². The van der Waals surface area contributed by atoms with Gasteiger partial charge in [-0.3, -0.25) is 9.69 Å². The topological polar surface area (TPSA) is 36.7 Å². The molecule has 3 aromatic rings. The Morgan fingerprint density at radius 2 is 2.00 bits per heavy atom. The molecule has 1 aliphatic rings. The van der Waals surface area contributed by atoms with Gasteiger partial charge in [0.2, 0.25) is 0 Å². The number of amides is 1. The number of piperazine rings is 1. The Bertz CT molecular complexity index is 851. The zero-order valence-electron chi connectivity index (χ0n) is 13.1. The van der Waals surface area contributed by atoms with Gasteiger partial charge in [0.15, 0.2) is 5.76 Å². The predicted octanol–water partition coefficient (Wildman–Crippen LogP) is 4.11. The van der Waals surface area contributed by atoms with Crippen LogP contribution in [0.15, 0.2) is 45.5 Å². The lowest BCUT2D eigenvalue weighted by molar-refractivity contribution is 0.0600. The minimum Gasteiger partial charge on any atom is -0.451 e. The van der Waals surface area contributed by atoms with E-state index in [-0.39, 0.29) is 5.91 Å².